The molecule has 0 radical (unpaired) electrons. The van der Waals surface area contributed by atoms with Gasteiger partial charge >= 0.3 is 5.69 Å². The van der Waals surface area contributed by atoms with Crippen LogP contribution in [-0.2, 0) is 0 Å². The quantitative estimate of drug-likeness (QED) is 0.477. The zero-order valence-electron chi connectivity index (χ0n) is 10.4. The number of hydrogen-bond donors (Lipinski definition) is 0. The zero-order chi connectivity index (χ0) is 14.9. The Hall–Kier alpha value is -2.12. The highest BCUT2D eigenvalue weighted by atomic mass is 19.2. The second-order valence-corrected chi connectivity index (χ2v) is 4.50. The summed E-state index contributed by atoms with van der Waals surface area (Å²) in [6.45, 7) is 0.732. The third-order valence-electron chi connectivity index (χ3n) is 3.20. The Balaban J connectivity index is 2.45. The fourth-order valence-electron chi connectivity index (χ4n) is 2.15. The molecule has 1 aliphatic rings. The van der Waals surface area contributed by atoms with Gasteiger partial charge in [-0.05, 0) is 19.3 Å². The van der Waals surface area contributed by atoms with Crippen LogP contribution >= 0.6 is 0 Å². The number of nitrogens with zero attached hydrogens (tertiary/aromatic N) is 2. The Morgan fingerprint density at radius 1 is 1.10 bits per heavy atom. The number of nitro groups is 1. The van der Waals surface area contributed by atoms with Gasteiger partial charge in [0.15, 0.2) is 5.82 Å². The van der Waals surface area contributed by atoms with E-state index in [4.69, 9.17) is 0 Å². The first-order valence-electron chi connectivity index (χ1n) is 6.04. The van der Waals surface area contributed by atoms with Gasteiger partial charge in [0.1, 0.15) is 0 Å². The third kappa shape index (κ3) is 2.45. The highest BCUT2D eigenvalue weighted by Crippen LogP contribution is 2.26. The van der Waals surface area contributed by atoms with Crippen molar-refractivity contribution in [3.63, 3.8) is 0 Å². The number of likely N-dealkylation sites (tertiary alicyclic amines) is 1. The van der Waals surface area contributed by atoms with E-state index in [2.05, 4.69) is 0 Å². The van der Waals surface area contributed by atoms with E-state index in [-0.39, 0.29) is 0 Å². The fraction of sp³-hybridized carbons (Fsp3) is 0.417. The Labute approximate surface area is 112 Å². The molecule has 1 saturated heterocycles. The molecule has 0 aliphatic carbocycles. The van der Waals surface area contributed by atoms with Crippen LogP contribution in [0.3, 0.4) is 0 Å². The van der Waals surface area contributed by atoms with Gasteiger partial charge in [0.05, 0.1) is 10.5 Å². The topological polar surface area (TPSA) is 63.4 Å². The lowest BCUT2D eigenvalue weighted by Crippen LogP contribution is -2.36. The lowest BCUT2D eigenvalue weighted by Gasteiger charge is -2.26. The van der Waals surface area contributed by atoms with Crippen LogP contribution < -0.4 is 0 Å². The number of hydrogen-bond acceptors (Lipinski definition) is 3. The van der Waals surface area contributed by atoms with Crippen molar-refractivity contribution in [1.29, 1.82) is 0 Å². The van der Waals surface area contributed by atoms with E-state index < -0.39 is 39.5 Å². The summed E-state index contributed by atoms with van der Waals surface area (Å²) in [5, 5.41) is 10.6. The average molecular weight is 288 g/mol. The SMILES string of the molecule is O=C(c1cc([N+](=O)[O-])c(F)c(F)c1F)N1CCCCC1. The van der Waals surface area contributed by atoms with Crippen molar-refractivity contribution in [2.24, 2.45) is 0 Å². The van der Waals surface area contributed by atoms with E-state index in [9.17, 15) is 28.1 Å². The molecule has 0 saturated carbocycles. The van der Waals surface area contributed by atoms with Crippen molar-refractivity contribution < 1.29 is 22.9 Å². The molecule has 2 rings (SSSR count). The molecule has 1 heterocycles. The van der Waals surface area contributed by atoms with Gasteiger partial charge in [0, 0.05) is 19.2 Å². The second-order valence-electron chi connectivity index (χ2n) is 4.50. The maximum absolute atomic E-state index is 13.6. The lowest BCUT2D eigenvalue weighted by atomic mass is 10.1. The molecule has 108 valence electrons. The number of nitro benzene ring substituents is 1. The predicted octanol–water partition coefficient (Wildman–Crippen LogP) is 2.64. The molecule has 1 aliphatic heterocycles. The first kappa shape index (κ1) is 14.3. The zero-order valence-corrected chi connectivity index (χ0v) is 10.4. The highest BCUT2D eigenvalue weighted by Gasteiger charge is 2.30. The first-order valence-corrected chi connectivity index (χ1v) is 6.04. The maximum Gasteiger partial charge on any atom is 0.308 e. The molecule has 0 atom stereocenters. The van der Waals surface area contributed by atoms with E-state index in [1.807, 2.05) is 0 Å². The standard InChI is InChI=1S/C12H11F3N2O3/c13-9-7(12(18)16-4-2-1-3-5-16)6-8(17(19)20)10(14)11(9)15/h6H,1-5H2. The van der Waals surface area contributed by atoms with Crippen LogP contribution in [0.1, 0.15) is 29.6 Å². The lowest BCUT2D eigenvalue weighted by molar-refractivity contribution is -0.387. The average Bonchev–Trinajstić information content (AvgIpc) is 2.45. The maximum atomic E-state index is 13.6. The minimum atomic E-state index is -2.00. The molecule has 1 aromatic rings. The Bertz CT molecular complexity index is 572. The molecule has 1 amide bonds. The molecule has 0 spiro atoms. The van der Waals surface area contributed by atoms with E-state index in [1.54, 1.807) is 0 Å². The monoisotopic (exact) mass is 288 g/mol. The molecule has 1 aromatic carbocycles. The summed E-state index contributed by atoms with van der Waals surface area (Å²) in [7, 11) is 0. The normalized spacial score (nSPS) is 15.2. The van der Waals surface area contributed by atoms with E-state index in [0.717, 1.165) is 19.3 Å². The number of benzene rings is 1. The summed E-state index contributed by atoms with van der Waals surface area (Å²) in [6, 6.07) is 0.449. The largest absolute Gasteiger partial charge is 0.339 e. The summed E-state index contributed by atoms with van der Waals surface area (Å²) in [5.41, 5.74) is -2.05. The van der Waals surface area contributed by atoms with Gasteiger partial charge in [0.2, 0.25) is 11.6 Å². The van der Waals surface area contributed by atoms with Crippen LogP contribution in [0, 0.1) is 27.6 Å². The molecule has 0 N–H and O–H groups in total. The van der Waals surface area contributed by atoms with Crippen LogP contribution in [0.15, 0.2) is 6.07 Å². The van der Waals surface area contributed by atoms with Crippen molar-refractivity contribution in [1.82, 2.24) is 4.90 Å². The van der Waals surface area contributed by atoms with E-state index in [1.165, 1.54) is 4.90 Å². The van der Waals surface area contributed by atoms with Crippen molar-refractivity contribution in [2.45, 2.75) is 19.3 Å². The van der Waals surface area contributed by atoms with Crippen molar-refractivity contribution in [3.8, 4) is 0 Å². The Morgan fingerprint density at radius 2 is 1.70 bits per heavy atom. The summed E-state index contributed by atoms with van der Waals surface area (Å²) >= 11 is 0. The molecular weight excluding hydrogens is 277 g/mol. The number of piperidine rings is 1. The number of carbonyl (C=O) groups is 1. The number of rotatable bonds is 2. The van der Waals surface area contributed by atoms with Crippen LogP contribution in [-0.4, -0.2) is 28.8 Å². The summed E-state index contributed by atoms with van der Waals surface area (Å²) in [4.78, 5) is 22.7. The Kier molecular flexibility index (Phi) is 3.91. The van der Waals surface area contributed by atoms with Crippen molar-refractivity contribution in [2.75, 3.05) is 13.1 Å². The molecule has 0 aromatic heterocycles. The molecule has 5 nitrogen and oxygen atoms in total. The van der Waals surface area contributed by atoms with Gasteiger partial charge in [-0.3, -0.25) is 14.9 Å². The van der Waals surface area contributed by atoms with Gasteiger partial charge in [0.25, 0.3) is 5.91 Å². The number of amides is 1. The summed E-state index contributed by atoms with van der Waals surface area (Å²) < 4.78 is 40.2. The molecule has 20 heavy (non-hydrogen) atoms. The molecule has 0 bridgehead atoms. The Morgan fingerprint density at radius 3 is 2.25 bits per heavy atom. The molecule has 1 fully saturated rings. The number of halogens is 3. The summed E-state index contributed by atoms with van der Waals surface area (Å²) in [6.07, 6.45) is 2.36. The first-order chi connectivity index (χ1) is 9.43. The molecule has 8 heteroatoms. The molecule has 0 unspecified atom stereocenters. The van der Waals surface area contributed by atoms with Crippen LogP contribution in [0.25, 0.3) is 0 Å². The molecular formula is C12H11F3N2O3. The van der Waals surface area contributed by atoms with Gasteiger partial charge in [-0.2, -0.15) is 4.39 Å². The van der Waals surface area contributed by atoms with E-state index in [0.29, 0.717) is 19.2 Å². The fourth-order valence-corrected chi connectivity index (χ4v) is 2.15. The minimum Gasteiger partial charge on any atom is -0.339 e. The highest BCUT2D eigenvalue weighted by molar-refractivity contribution is 5.95. The van der Waals surface area contributed by atoms with E-state index >= 15 is 0 Å². The smallest absolute Gasteiger partial charge is 0.308 e. The van der Waals surface area contributed by atoms with Crippen molar-refractivity contribution in [3.05, 3.63) is 39.2 Å². The minimum absolute atomic E-state index is 0.366. The third-order valence-corrected chi connectivity index (χ3v) is 3.20. The number of carbonyl (C=O) groups excluding carboxylic acids is 1. The summed E-state index contributed by atoms with van der Waals surface area (Å²) in [5.74, 6) is -6.45. The second kappa shape index (κ2) is 5.48. The van der Waals surface area contributed by atoms with Crippen LogP contribution in [0.2, 0.25) is 0 Å². The van der Waals surface area contributed by atoms with Gasteiger partial charge < -0.3 is 4.90 Å². The van der Waals surface area contributed by atoms with Gasteiger partial charge in [-0.25, -0.2) is 8.78 Å². The van der Waals surface area contributed by atoms with Gasteiger partial charge in [-0.1, -0.05) is 0 Å². The van der Waals surface area contributed by atoms with Crippen LogP contribution in [0.5, 0.6) is 0 Å². The van der Waals surface area contributed by atoms with Gasteiger partial charge in [-0.15, -0.1) is 0 Å². The van der Waals surface area contributed by atoms with Crippen molar-refractivity contribution >= 4 is 11.6 Å². The van der Waals surface area contributed by atoms with Crippen LogP contribution in [0.4, 0.5) is 18.9 Å². The predicted molar refractivity (Wildman–Crippen MR) is 62.7 cm³/mol.